The molecule has 0 saturated heterocycles. The van der Waals surface area contributed by atoms with Gasteiger partial charge in [-0.2, -0.15) is 0 Å². The van der Waals surface area contributed by atoms with E-state index in [1.54, 1.807) is 17.5 Å². The van der Waals surface area contributed by atoms with Gasteiger partial charge in [0.2, 0.25) is 5.91 Å². The van der Waals surface area contributed by atoms with Crippen LogP contribution in [0.15, 0.2) is 60.0 Å². The number of hydrogen-bond donors (Lipinski definition) is 1. The van der Waals surface area contributed by atoms with Crippen molar-refractivity contribution in [3.8, 4) is 11.3 Å². The molecule has 132 valence electrons. The summed E-state index contributed by atoms with van der Waals surface area (Å²) in [6, 6.07) is 16.3. The van der Waals surface area contributed by atoms with Crippen LogP contribution in [0.1, 0.15) is 18.4 Å². The molecule has 2 aromatic carbocycles. The Morgan fingerprint density at radius 1 is 1.15 bits per heavy atom. The van der Waals surface area contributed by atoms with Crippen LogP contribution in [0, 0.1) is 10.1 Å². The van der Waals surface area contributed by atoms with E-state index in [0.717, 1.165) is 12.8 Å². The number of rotatable bonds is 7. The molecule has 0 unspecified atom stereocenters. The lowest BCUT2D eigenvalue weighted by molar-refractivity contribution is -0.384. The second-order valence-corrected chi connectivity index (χ2v) is 6.59. The van der Waals surface area contributed by atoms with Gasteiger partial charge in [0, 0.05) is 29.5 Å². The van der Waals surface area contributed by atoms with E-state index in [2.05, 4.69) is 10.3 Å². The van der Waals surface area contributed by atoms with Crippen molar-refractivity contribution < 1.29 is 9.72 Å². The topological polar surface area (TPSA) is 85.1 Å². The average Bonchev–Trinajstić information content (AvgIpc) is 3.11. The Morgan fingerprint density at radius 2 is 1.96 bits per heavy atom. The summed E-state index contributed by atoms with van der Waals surface area (Å²) in [7, 11) is 0. The molecule has 0 saturated carbocycles. The van der Waals surface area contributed by atoms with Crippen molar-refractivity contribution >= 4 is 28.1 Å². The minimum atomic E-state index is -0.439. The number of hydrogen-bond acceptors (Lipinski definition) is 5. The first-order valence-electron chi connectivity index (χ1n) is 8.16. The molecular weight excluding hydrogens is 350 g/mol. The van der Waals surface area contributed by atoms with Gasteiger partial charge in [0.25, 0.3) is 5.69 Å². The molecule has 6 nitrogen and oxygen atoms in total. The number of nitro benzene ring substituents is 1. The summed E-state index contributed by atoms with van der Waals surface area (Å²) in [5.41, 5.74) is 2.49. The summed E-state index contributed by atoms with van der Waals surface area (Å²) in [6.45, 7) is 0. The fourth-order valence-electron chi connectivity index (χ4n) is 2.52. The van der Waals surface area contributed by atoms with Gasteiger partial charge in [0.15, 0.2) is 5.13 Å². The van der Waals surface area contributed by atoms with Crippen molar-refractivity contribution in [2.24, 2.45) is 0 Å². The van der Waals surface area contributed by atoms with Gasteiger partial charge >= 0.3 is 0 Å². The number of non-ortho nitro benzene ring substituents is 1. The number of carbonyl (C=O) groups is 1. The predicted octanol–water partition coefficient (Wildman–Crippen LogP) is 4.68. The first kappa shape index (κ1) is 17.8. The number of thiazole rings is 1. The normalized spacial score (nSPS) is 10.5. The number of aryl methyl sites for hydroxylation is 1. The van der Waals surface area contributed by atoms with Crippen LogP contribution in [0.4, 0.5) is 10.8 Å². The van der Waals surface area contributed by atoms with Crippen molar-refractivity contribution in [1.82, 2.24) is 4.98 Å². The molecule has 1 heterocycles. The molecule has 0 fully saturated rings. The first-order valence-corrected chi connectivity index (χ1v) is 9.04. The van der Waals surface area contributed by atoms with Crippen molar-refractivity contribution in [2.45, 2.75) is 19.3 Å². The molecule has 3 rings (SSSR count). The van der Waals surface area contributed by atoms with Gasteiger partial charge in [-0.05, 0) is 18.4 Å². The van der Waals surface area contributed by atoms with Crippen LogP contribution in [0.3, 0.4) is 0 Å². The van der Waals surface area contributed by atoms with Crippen LogP contribution < -0.4 is 5.32 Å². The summed E-state index contributed by atoms with van der Waals surface area (Å²) in [5.74, 6) is -0.0825. The fourth-order valence-corrected chi connectivity index (χ4v) is 3.26. The third kappa shape index (κ3) is 4.73. The number of amides is 1. The Bertz CT molecular complexity index is 909. The largest absolute Gasteiger partial charge is 0.302 e. The summed E-state index contributed by atoms with van der Waals surface area (Å²) in [4.78, 5) is 26.8. The van der Waals surface area contributed by atoms with E-state index in [-0.39, 0.29) is 11.6 Å². The second kappa shape index (κ2) is 8.35. The summed E-state index contributed by atoms with van der Waals surface area (Å²) >= 11 is 1.30. The number of aromatic nitrogens is 1. The zero-order chi connectivity index (χ0) is 18.4. The van der Waals surface area contributed by atoms with E-state index in [1.807, 2.05) is 30.3 Å². The van der Waals surface area contributed by atoms with E-state index >= 15 is 0 Å². The molecule has 1 aromatic heterocycles. The van der Waals surface area contributed by atoms with Crippen LogP contribution in [0.25, 0.3) is 11.3 Å². The van der Waals surface area contributed by atoms with Gasteiger partial charge in [0.1, 0.15) is 0 Å². The minimum Gasteiger partial charge on any atom is -0.302 e. The third-order valence-electron chi connectivity index (χ3n) is 3.82. The van der Waals surface area contributed by atoms with E-state index in [4.69, 9.17) is 0 Å². The molecule has 7 heteroatoms. The van der Waals surface area contributed by atoms with Crippen LogP contribution in [-0.2, 0) is 11.2 Å². The zero-order valence-corrected chi connectivity index (χ0v) is 14.7. The lowest BCUT2D eigenvalue weighted by Crippen LogP contribution is -2.11. The van der Waals surface area contributed by atoms with E-state index in [9.17, 15) is 14.9 Å². The van der Waals surface area contributed by atoms with Crippen molar-refractivity contribution in [3.63, 3.8) is 0 Å². The zero-order valence-electron chi connectivity index (χ0n) is 13.9. The average molecular weight is 367 g/mol. The highest BCUT2D eigenvalue weighted by molar-refractivity contribution is 7.14. The Balaban J connectivity index is 1.55. The second-order valence-electron chi connectivity index (χ2n) is 5.73. The van der Waals surface area contributed by atoms with Gasteiger partial charge in [0.05, 0.1) is 10.6 Å². The number of nitrogens with one attached hydrogen (secondary N) is 1. The molecular formula is C19H17N3O3S. The Hall–Kier alpha value is -3.06. The standard InChI is InChI=1S/C19H17N3O3S/c23-18(11-4-8-14-6-2-1-3-7-14)21-19-20-17(13-26-19)15-9-5-10-16(12-15)22(24)25/h1-3,5-7,9-10,12-13H,4,8,11H2,(H,20,21,23). The van der Waals surface area contributed by atoms with Crippen LogP contribution in [-0.4, -0.2) is 15.8 Å². The molecule has 0 bridgehead atoms. The summed E-state index contributed by atoms with van der Waals surface area (Å²) in [5, 5.41) is 15.9. The number of carbonyl (C=O) groups excluding carboxylic acids is 1. The maximum atomic E-state index is 12.1. The fraction of sp³-hybridized carbons (Fsp3) is 0.158. The Kier molecular flexibility index (Phi) is 5.70. The first-order chi connectivity index (χ1) is 12.6. The molecule has 0 aliphatic carbocycles. The summed E-state index contributed by atoms with van der Waals surface area (Å²) < 4.78 is 0. The Morgan fingerprint density at radius 3 is 2.73 bits per heavy atom. The monoisotopic (exact) mass is 367 g/mol. The van der Waals surface area contributed by atoms with Gasteiger partial charge in [-0.25, -0.2) is 4.98 Å². The molecule has 3 aromatic rings. The molecule has 1 N–H and O–H groups in total. The molecule has 0 spiro atoms. The van der Waals surface area contributed by atoms with Crippen molar-refractivity contribution in [3.05, 3.63) is 75.7 Å². The van der Waals surface area contributed by atoms with E-state index < -0.39 is 4.92 Å². The van der Waals surface area contributed by atoms with Gasteiger partial charge in [-0.3, -0.25) is 14.9 Å². The lowest BCUT2D eigenvalue weighted by Gasteiger charge is -2.02. The van der Waals surface area contributed by atoms with Crippen LogP contribution in [0.2, 0.25) is 0 Å². The molecule has 1 amide bonds. The number of benzene rings is 2. The highest BCUT2D eigenvalue weighted by Gasteiger charge is 2.11. The SMILES string of the molecule is O=C(CCCc1ccccc1)Nc1nc(-c2cccc([N+](=O)[O-])c2)cs1. The highest BCUT2D eigenvalue weighted by atomic mass is 32.1. The van der Waals surface area contributed by atoms with Crippen LogP contribution >= 0.6 is 11.3 Å². The Labute approximate surface area is 154 Å². The van der Waals surface area contributed by atoms with E-state index in [1.165, 1.54) is 29.0 Å². The molecule has 0 aliphatic heterocycles. The molecule has 0 aliphatic rings. The van der Waals surface area contributed by atoms with E-state index in [0.29, 0.717) is 22.8 Å². The maximum Gasteiger partial charge on any atom is 0.270 e. The lowest BCUT2D eigenvalue weighted by atomic mass is 10.1. The van der Waals surface area contributed by atoms with Crippen molar-refractivity contribution in [1.29, 1.82) is 0 Å². The quantitative estimate of drug-likeness (QED) is 0.485. The number of anilines is 1. The predicted molar refractivity (Wildman–Crippen MR) is 102 cm³/mol. The highest BCUT2D eigenvalue weighted by Crippen LogP contribution is 2.27. The minimum absolute atomic E-state index is 0.0157. The third-order valence-corrected chi connectivity index (χ3v) is 4.57. The van der Waals surface area contributed by atoms with Gasteiger partial charge in [-0.15, -0.1) is 11.3 Å². The maximum absolute atomic E-state index is 12.1. The van der Waals surface area contributed by atoms with Gasteiger partial charge < -0.3 is 5.32 Å². The number of nitrogens with zero attached hydrogens (tertiary/aromatic N) is 2. The molecule has 0 radical (unpaired) electrons. The van der Waals surface area contributed by atoms with Crippen molar-refractivity contribution in [2.75, 3.05) is 5.32 Å². The molecule has 0 atom stereocenters. The summed E-state index contributed by atoms with van der Waals surface area (Å²) in [6.07, 6.45) is 2.03. The van der Waals surface area contributed by atoms with Gasteiger partial charge in [-0.1, -0.05) is 42.5 Å². The molecule has 26 heavy (non-hydrogen) atoms. The number of nitro groups is 1. The van der Waals surface area contributed by atoms with Crippen LogP contribution in [0.5, 0.6) is 0 Å². The smallest absolute Gasteiger partial charge is 0.270 e.